The molecule has 2 aromatic rings. The van der Waals surface area contributed by atoms with Gasteiger partial charge in [-0.1, -0.05) is 26.0 Å². The van der Waals surface area contributed by atoms with Gasteiger partial charge >= 0.3 is 0 Å². The van der Waals surface area contributed by atoms with E-state index in [1.807, 2.05) is 41.2 Å². The molecular weight excluding hydrogens is 210 g/mol. The van der Waals surface area contributed by atoms with Crippen LogP contribution < -0.4 is 0 Å². The lowest BCUT2D eigenvalue weighted by atomic mass is 10.1. The Labute approximate surface area is 101 Å². The fraction of sp³-hybridized carbons (Fsp3) is 0.286. The van der Waals surface area contributed by atoms with Gasteiger partial charge in [-0.15, -0.1) is 0 Å². The number of hydrogen-bond donors (Lipinski definition) is 0. The number of benzene rings is 1. The highest BCUT2D eigenvalue weighted by Crippen LogP contribution is 2.12. The van der Waals surface area contributed by atoms with Crippen molar-refractivity contribution >= 4 is 0 Å². The lowest BCUT2D eigenvalue weighted by molar-refractivity contribution is 0.657. The molecule has 0 unspecified atom stereocenters. The van der Waals surface area contributed by atoms with E-state index in [2.05, 4.69) is 25.0 Å². The van der Waals surface area contributed by atoms with E-state index in [9.17, 15) is 0 Å². The van der Waals surface area contributed by atoms with Gasteiger partial charge in [0.1, 0.15) is 0 Å². The maximum atomic E-state index is 8.72. The summed E-state index contributed by atoms with van der Waals surface area (Å²) in [4.78, 5) is 0. The molecule has 1 aromatic heterocycles. The predicted molar refractivity (Wildman–Crippen MR) is 66.6 cm³/mol. The van der Waals surface area contributed by atoms with Crippen molar-refractivity contribution in [2.45, 2.75) is 26.3 Å². The Hall–Kier alpha value is -2.08. The first-order chi connectivity index (χ1) is 8.19. The molecule has 0 amide bonds. The number of hydrogen-bond acceptors (Lipinski definition) is 2. The van der Waals surface area contributed by atoms with Crippen molar-refractivity contribution in [2.75, 3.05) is 0 Å². The van der Waals surface area contributed by atoms with Gasteiger partial charge in [0.2, 0.25) is 0 Å². The normalized spacial score (nSPS) is 10.5. The number of nitrogens with zero attached hydrogens (tertiary/aromatic N) is 3. The molecule has 3 nitrogen and oxygen atoms in total. The topological polar surface area (TPSA) is 41.6 Å². The summed E-state index contributed by atoms with van der Waals surface area (Å²) in [6.45, 7) is 5.02. The lowest BCUT2D eigenvalue weighted by Gasteiger charge is -2.02. The van der Waals surface area contributed by atoms with E-state index in [4.69, 9.17) is 5.26 Å². The van der Waals surface area contributed by atoms with Crippen molar-refractivity contribution in [3.05, 3.63) is 53.3 Å². The molecule has 0 radical (unpaired) electrons. The average molecular weight is 225 g/mol. The van der Waals surface area contributed by atoms with Crippen LogP contribution in [0.15, 0.2) is 36.5 Å². The second-order valence-corrected chi connectivity index (χ2v) is 4.40. The minimum absolute atomic E-state index is 0.456. The predicted octanol–water partition coefficient (Wildman–Crippen LogP) is 2.93. The molecular formula is C14H15N3. The number of aromatic nitrogens is 2. The summed E-state index contributed by atoms with van der Waals surface area (Å²) in [5, 5.41) is 13.2. The molecule has 2 rings (SSSR count). The Kier molecular flexibility index (Phi) is 3.24. The second-order valence-electron chi connectivity index (χ2n) is 4.40. The third-order valence-corrected chi connectivity index (χ3v) is 2.68. The quantitative estimate of drug-likeness (QED) is 0.806. The number of nitriles is 1. The summed E-state index contributed by atoms with van der Waals surface area (Å²) in [6.07, 6.45) is 1.99. The van der Waals surface area contributed by atoms with Gasteiger partial charge in [-0.2, -0.15) is 10.4 Å². The highest BCUT2D eigenvalue weighted by atomic mass is 15.3. The molecule has 0 atom stereocenters. The standard InChI is InChI=1S/C14H15N3/c1-11(2)14-7-8-17(16-14)10-13-5-3-12(9-15)4-6-13/h3-8,11H,10H2,1-2H3. The van der Waals surface area contributed by atoms with Crippen molar-refractivity contribution in [3.63, 3.8) is 0 Å². The van der Waals surface area contributed by atoms with Crippen LogP contribution >= 0.6 is 0 Å². The SMILES string of the molecule is CC(C)c1ccn(Cc2ccc(C#N)cc2)n1. The molecule has 0 spiro atoms. The molecule has 0 aliphatic carbocycles. The van der Waals surface area contributed by atoms with E-state index in [0.717, 1.165) is 17.8 Å². The highest BCUT2D eigenvalue weighted by molar-refractivity contribution is 5.31. The van der Waals surface area contributed by atoms with Gasteiger partial charge in [0.05, 0.1) is 23.9 Å². The fourth-order valence-corrected chi connectivity index (χ4v) is 1.65. The zero-order valence-electron chi connectivity index (χ0n) is 10.1. The number of rotatable bonds is 3. The molecule has 0 saturated carbocycles. The van der Waals surface area contributed by atoms with Crippen LogP contribution in [0.1, 0.15) is 36.6 Å². The van der Waals surface area contributed by atoms with E-state index < -0.39 is 0 Å². The van der Waals surface area contributed by atoms with E-state index >= 15 is 0 Å². The largest absolute Gasteiger partial charge is 0.268 e. The molecule has 0 bridgehead atoms. The van der Waals surface area contributed by atoms with Gasteiger partial charge in [-0.05, 0) is 29.7 Å². The summed E-state index contributed by atoms with van der Waals surface area (Å²) >= 11 is 0. The van der Waals surface area contributed by atoms with E-state index in [1.165, 1.54) is 0 Å². The van der Waals surface area contributed by atoms with Gasteiger partial charge < -0.3 is 0 Å². The smallest absolute Gasteiger partial charge is 0.0991 e. The van der Waals surface area contributed by atoms with Gasteiger partial charge in [0.15, 0.2) is 0 Å². The minimum atomic E-state index is 0.456. The highest BCUT2D eigenvalue weighted by Gasteiger charge is 2.03. The van der Waals surface area contributed by atoms with Crippen LogP contribution in [0.25, 0.3) is 0 Å². The van der Waals surface area contributed by atoms with Crippen molar-refractivity contribution in [1.29, 1.82) is 5.26 Å². The first-order valence-electron chi connectivity index (χ1n) is 5.71. The Morgan fingerprint density at radius 2 is 1.94 bits per heavy atom. The summed E-state index contributed by atoms with van der Waals surface area (Å²) in [6, 6.07) is 11.8. The molecule has 1 heterocycles. The molecule has 0 fully saturated rings. The average Bonchev–Trinajstić information content (AvgIpc) is 2.79. The maximum Gasteiger partial charge on any atom is 0.0991 e. The summed E-state index contributed by atoms with van der Waals surface area (Å²) in [7, 11) is 0. The van der Waals surface area contributed by atoms with Crippen LogP contribution in [-0.2, 0) is 6.54 Å². The first kappa shape index (κ1) is 11.4. The third-order valence-electron chi connectivity index (χ3n) is 2.68. The van der Waals surface area contributed by atoms with E-state index in [0.29, 0.717) is 11.5 Å². The van der Waals surface area contributed by atoms with Gasteiger partial charge in [-0.3, -0.25) is 4.68 Å². The summed E-state index contributed by atoms with van der Waals surface area (Å²) < 4.78 is 1.93. The molecule has 3 heteroatoms. The molecule has 86 valence electrons. The zero-order chi connectivity index (χ0) is 12.3. The van der Waals surface area contributed by atoms with Crippen LogP contribution in [0.4, 0.5) is 0 Å². The van der Waals surface area contributed by atoms with Crippen LogP contribution in [0.2, 0.25) is 0 Å². The lowest BCUT2D eigenvalue weighted by Crippen LogP contribution is -2.01. The van der Waals surface area contributed by atoms with E-state index in [-0.39, 0.29) is 0 Å². The van der Waals surface area contributed by atoms with Crippen LogP contribution in [0.3, 0.4) is 0 Å². The van der Waals surface area contributed by atoms with Crippen molar-refractivity contribution in [3.8, 4) is 6.07 Å². The van der Waals surface area contributed by atoms with Crippen molar-refractivity contribution < 1.29 is 0 Å². The molecule has 0 aliphatic rings. The van der Waals surface area contributed by atoms with Crippen molar-refractivity contribution in [1.82, 2.24) is 9.78 Å². The Morgan fingerprint density at radius 3 is 2.47 bits per heavy atom. The van der Waals surface area contributed by atoms with Gasteiger partial charge in [-0.25, -0.2) is 0 Å². The van der Waals surface area contributed by atoms with Gasteiger partial charge in [0, 0.05) is 6.20 Å². The molecule has 17 heavy (non-hydrogen) atoms. The summed E-state index contributed by atoms with van der Waals surface area (Å²) in [5.41, 5.74) is 2.96. The van der Waals surface area contributed by atoms with Crippen molar-refractivity contribution in [2.24, 2.45) is 0 Å². The first-order valence-corrected chi connectivity index (χ1v) is 5.71. The van der Waals surface area contributed by atoms with Crippen LogP contribution in [0.5, 0.6) is 0 Å². The zero-order valence-corrected chi connectivity index (χ0v) is 10.1. The fourth-order valence-electron chi connectivity index (χ4n) is 1.65. The Morgan fingerprint density at radius 1 is 1.24 bits per heavy atom. The molecule has 0 aliphatic heterocycles. The maximum absolute atomic E-state index is 8.72. The van der Waals surface area contributed by atoms with E-state index in [1.54, 1.807) is 0 Å². The monoisotopic (exact) mass is 225 g/mol. The minimum Gasteiger partial charge on any atom is -0.268 e. The molecule has 0 saturated heterocycles. The van der Waals surface area contributed by atoms with Gasteiger partial charge in [0.25, 0.3) is 0 Å². The second kappa shape index (κ2) is 4.84. The molecule has 0 N–H and O–H groups in total. The Balaban J connectivity index is 2.11. The van der Waals surface area contributed by atoms with Crippen LogP contribution in [0, 0.1) is 11.3 Å². The van der Waals surface area contributed by atoms with Crippen LogP contribution in [-0.4, -0.2) is 9.78 Å². The molecule has 1 aromatic carbocycles. The third kappa shape index (κ3) is 2.73. The Bertz CT molecular complexity index is 529. The summed E-state index contributed by atoms with van der Waals surface area (Å²) in [5.74, 6) is 0.456.